The highest BCUT2D eigenvalue weighted by Gasteiger charge is 2.01. The van der Waals surface area contributed by atoms with Crippen LogP contribution in [0.15, 0.2) is 0 Å². The van der Waals surface area contributed by atoms with Gasteiger partial charge in [0.1, 0.15) is 0 Å². The molecule has 0 rings (SSSR count). The first kappa shape index (κ1) is 15.0. The molecule has 0 aromatic rings. The average Bonchev–Trinajstić information content (AvgIpc) is 2.22. The lowest BCUT2D eigenvalue weighted by atomic mass is 10.0. The summed E-state index contributed by atoms with van der Waals surface area (Å²) in [6.45, 7) is 4.39. The third-order valence-electron chi connectivity index (χ3n) is 3.01. The van der Waals surface area contributed by atoms with E-state index in [4.69, 9.17) is 0 Å². The molecule has 0 aromatic heterocycles. The molecule has 92 valence electrons. The van der Waals surface area contributed by atoms with Crippen LogP contribution in [0.25, 0.3) is 0 Å². The van der Waals surface area contributed by atoms with E-state index in [9.17, 15) is 5.11 Å². The van der Waals surface area contributed by atoms with Gasteiger partial charge < -0.3 is 5.11 Å². The van der Waals surface area contributed by atoms with Gasteiger partial charge in [-0.15, -0.1) is 0 Å². The van der Waals surface area contributed by atoms with E-state index in [1.54, 1.807) is 0 Å². The normalized spacial score (nSPS) is 13.0. The standard InChI is InChI=1S/C14H30O/c1-3-5-6-7-8-9-10-11-13-14(15)12-4-2/h14-15H,3-13H2,1-2H3. The quantitative estimate of drug-likeness (QED) is 0.495. The van der Waals surface area contributed by atoms with E-state index in [0.29, 0.717) is 0 Å². The smallest absolute Gasteiger partial charge is 0.0540 e. The summed E-state index contributed by atoms with van der Waals surface area (Å²) in [7, 11) is 0. The van der Waals surface area contributed by atoms with Crippen LogP contribution in [0, 0.1) is 0 Å². The largest absolute Gasteiger partial charge is 0.393 e. The number of hydrogen-bond acceptors (Lipinski definition) is 1. The van der Waals surface area contributed by atoms with Crippen LogP contribution in [0.1, 0.15) is 84.5 Å². The molecule has 1 heteroatoms. The molecule has 0 saturated carbocycles. The maximum atomic E-state index is 9.52. The van der Waals surface area contributed by atoms with Gasteiger partial charge in [-0.3, -0.25) is 0 Å². The molecular weight excluding hydrogens is 184 g/mol. The van der Waals surface area contributed by atoms with E-state index < -0.39 is 0 Å². The molecule has 1 atom stereocenters. The van der Waals surface area contributed by atoms with Gasteiger partial charge in [0.05, 0.1) is 6.10 Å². The molecule has 0 aliphatic carbocycles. The maximum absolute atomic E-state index is 9.52. The first-order valence-corrected chi connectivity index (χ1v) is 6.99. The molecule has 1 nitrogen and oxygen atoms in total. The van der Waals surface area contributed by atoms with Gasteiger partial charge in [0, 0.05) is 0 Å². The molecule has 1 N–H and O–H groups in total. The van der Waals surface area contributed by atoms with Gasteiger partial charge in [-0.25, -0.2) is 0 Å². The lowest BCUT2D eigenvalue weighted by Crippen LogP contribution is -2.04. The van der Waals surface area contributed by atoms with Crippen molar-refractivity contribution in [3.63, 3.8) is 0 Å². The third kappa shape index (κ3) is 11.9. The minimum atomic E-state index is -0.0323. The van der Waals surface area contributed by atoms with Crippen molar-refractivity contribution in [3.8, 4) is 0 Å². The Bertz CT molecular complexity index is 112. The highest BCUT2D eigenvalue weighted by Crippen LogP contribution is 2.12. The van der Waals surface area contributed by atoms with E-state index in [-0.39, 0.29) is 6.10 Å². The first-order valence-electron chi connectivity index (χ1n) is 6.99. The minimum absolute atomic E-state index is 0.0323. The molecule has 0 bridgehead atoms. The zero-order valence-electron chi connectivity index (χ0n) is 10.8. The molecule has 15 heavy (non-hydrogen) atoms. The highest BCUT2D eigenvalue weighted by atomic mass is 16.3. The Morgan fingerprint density at radius 1 is 0.667 bits per heavy atom. The van der Waals surface area contributed by atoms with Crippen molar-refractivity contribution in [2.24, 2.45) is 0 Å². The Balaban J connectivity index is 2.98. The lowest BCUT2D eigenvalue weighted by molar-refractivity contribution is 0.150. The summed E-state index contributed by atoms with van der Waals surface area (Å²) in [5.41, 5.74) is 0. The van der Waals surface area contributed by atoms with Crippen molar-refractivity contribution >= 4 is 0 Å². The second-order valence-corrected chi connectivity index (χ2v) is 4.71. The van der Waals surface area contributed by atoms with Crippen LogP contribution in [0.5, 0.6) is 0 Å². The van der Waals surface area contributed by atoms with Gasteiger partial charge in [0.25, 0.3) is 0 Å². The van der Waals surface area contributed by atoms with Crippen LogP contribution in [0.3, 0.4) is 0 Å². The highest BCUT2D eigenvalue weighted by molar-refractivity contribution is 4.55. The average molecular weight is 214 g/mol. The predicted molar refractivity (Wildman–Crippen MR) is 68.1 cm³/mol. The van der Waals surface area contributed by atoms with E-state index in [2.05, 4.69) is 13.8 Å². The lowest BCUT2D eigenvalue weighted by Gasteiger charge is -2.08. The Kier molecular flexibility index (Phi) is 12.0. The van der Waals surface area contributed by atoms with Crippen molar-refractivity contribution in [1.82, 2.24) is 0 Å². The monoisotopic (exact) mass is 214 g/mol. The van der Waals surface area contributed by atoms with Gasteiger partial charge in [0.15, 0.2) is 0 Å². The zero-order chi connectivity index (χ0) is 11.4. The number of aliphatic hydroxyl groups excluding tert-OH is 1. The van der Waals surface area contributed by atoms with Crippen molar-refractivity contribution in [2.75, 3.05) is 0 Å². The predicted octanol–water partition coefficient (Wildman–Crippen LogP) is 4.68. The van der Waals surface area contributed by atoms with E-state index in [0.717, 1.165) is 19.3 Å². The van der Waals surface area contributed by atoms with E-state index >= 15 is 0 Å². The fourth-order valence-corrected chi connectivity index (χ4v) is 1.99. The molecule has 0 amide bonds. The van der Waals surface area contributed by atoms with Gasteiger partial charge in [-0.05, 0) is 12.8 Å². The Hall–Kier alpha value is -0.0400. The second kappa shape index (κ2) is 12.0. The SMILES string of the molecule is CCCCCCCCCCC(O)CCC. The van der Waals surface area contributed by atoms with Crippen molar-refractivity contribution in [3.05, 3.63) is 0 Å². The van der Waals surface area contributed by atoms with Crippen LogP contribution in [-0.4, -0.2) is 11.2 Å². The maximum Gasteiger partial charge on any atom is 0.0540 e. The topological polar surface area (TPSA) is 20.2 Å². The van der Waals surface area contributed by atoms with Crippen LogP contribution < -0.4 is 0 Å². The molecule has 0 radical (unpaired) electrons. The Morgan fingerprint density at radius 2 is 1.20 bits per heavy atom. The van der Waals surface area contributed by atoms with Crippen LogP contribution in [0.4, 0.5) is 0 Å². The minimum Gasteiger partial charge on any atom is -0.393 e. The summed E-state index contributed by atoms with van der Waals surface area (Å²) in [5.74, 6) is 0. The third-order valence-corrected chi connectivity index (χ3v) is 3.01. The van der Waals surface area contributed by atoms with Crippen LogP contribution in [0.2, 0.25) is 0 Å². The van der Waals surface area contributed by atoms with Gasteiger partial charge in [-0.1, -0.05) is 71.6 Å². The summed E-state index contributed by atoms with van der Waals surface area (Å²) in [6.07, 6.45) is 13.9. The summed E-state index contributed by atoms with van der Waals surface area (Å²) in [4.78, 5) is 0. The van der Waals surface area contributed by atoms with Crippen molar-refractivity contribution < 1.29 is 5.11 Å². The van der Waals surface area contributed by atoms with Crippen molar-refractivity contribution in [2.45, 2.75) is 90.6 Å². The zero-order valence-corrected chi connectivity index (χ0v) is 10.8. The second-order valence-electron chi connectivity index (χ2n) is 4.71. The van der Waals surface area contributed by atoms with E-state index in [1.807, 2.05) is 0 Å². The molecule has 0 fully saturated rings. The number of hydrogen-bond donors (Lipinski definition) is 1. The Labute approximate surface area is 96.3 Å². The molecule has 0 heterocycles. The molecule has 0 saturated heterocycles. The number of rotatable bonds is 11. The van der Waals surface area contributed by atoms with Crippen LogP contribution >= 0.6 is 0 Å². The molecular formula is C14H30O. The Morgan fingerprint density at radius 3 is 1.73 bits per heavy atom. The fourth-order valence-electron chi connectivity index (χ4n) is 1.99. The summed E-state index contributed by atoms with van der Waals surface area (Å²) in [6, 6.07) is 0. The van der Waals surface area contributed by atoms with Gasteiger partial charge in [0.2, 0.25) is 0 Å². The van der Waals surface area contributed by atoms with Crippen LogP contribution in [-0.2, 0) is 0 Å². The van der Waals surface area contributed by atoms with Gasteiger partial charge in [-0.2, -0.15) is 0 Å². The molecule has 1 unspecified atom stereocenters. The summed E-state index contributed by atoms with van der Waals surface area (Å²) < 4.78 is 0. The molecule has 0 spiro atoms. The van der Waals surface area contributed by atoms with Gasteiger partial charge >= 0.3 is 0 Å². The molecule has 0 aliphatic rings. The number of unbranched alkanes of at least 4 members (excludes halogenated alkanes) is 7. The van der Waals surface area contributed by atoms with E-state index in [1.165, 1.54) is 51.4 Å². The first-order chi connectivity index (χ1) is 7.31. The fraction of sp³-hybridized carbons (Fsp3) is 1.00. The summed E-state index contributed by atoms with van der Waals surface area (Å²) in [5, 5.41) is 9.52. The number of aliphatic hydroxyl groups is 1. The van der Waals surface area contributed by atoms with Crippen molar-refractivity contribution in [1.29, 1.82) is 0 Å². The molecule has 0 aliphatic heterocycles. The molecule has 0 aromatic carbocycles. The summed E-state index contributed by atoms with van der Waals surface area (Å²) >= 11 is 0.